The summed E-state index contributed by atoms with van der Waals surface area (Å²) in [5, 5.41) is 0.859. The Balaban J connectivity index is 2.02. The average Bonchev–Trinajstić information content (AvgIpc) is 2.63. The van der Waals surface area contributed by atoms with Gasteiger partial charge in [-0.2, -0.15) is 0 Å². The van der Waals surface area contributed by atoms with E-state index in [9.17, 15) is 14.4 Å². The van der Waals surface area contributed by atoms with E-state index in [1.54, 1.807) is 30.3 Å². The SMILES string of the molecule is COC(=O)c1cc(Cl)ccc1CC(=O)c1cc(=O)c2cccc(Cl)c2o1. The summed E-state index contributed by atoms with van der Waals surface area (Å²) in [6.07, 6.45) is -0.166. The number of esters is 1. The van der Waals surface area contributed by atoms with Gasteiger partial charge in [0.1, 0.15) is 0 Å². The number of fused-ring (bicyclic) bond motifs is 1. The van der Waals surface area contributed by atoms with Gasteiger partial charge in [-0.25, -0.2) is 4.79 Å². The molecule has 0 saturated heterocycles. The van der Waals surface area contributed by atoms with Crippen LogP contribution in [-0.4, -0.2) is 18.9 Å². The molecule has 26 heavy (non-hydrogen) atoms. The fraction of sp³-hybridized carbons (Fsp3) is 0.105. The Labute approximate surface area is 158 Å². The minimum Gasteiger partial charge on any atom is -0.465 e. The largest absolute Gasteiger partial charge is 0.465 e. The van der Waals surface area contributed by atoms with Crippen LogP contribution in [0.2, 0.25) is 10.0 Å². The lowest BCUT2D eigenvalue weighted by Gasteiger charge is -2.08. The highest BCUT2D eigenvalue weighted by molar-refractivity contribution is 6.34. The van der Waals surface area contributed by atoms with Crippen LogP contribution in [-0.2, 0) is 11.2 Å². The molecule has 0 amide bonds. The molecule has 0 radical (unpaired) electrons. The Kier molecular flexibility index (Phi) is 5.11. The molecule has 0 saturated carbocycles. The van der Waals surface area contributed by atoms with E-state index in [0.717, 1.165) is 6.07 Å². The van der Waals surface area contributed by atoms with Crippen molar-refractivity contribution in [3.05, 3.63) is 79.6 Å². The molecule has 0 fully saturated rings. The number of benzene rings is 2. The normalized spacial score (nSPS) is 10.7. The van der Waals surface area contributed by atoms with E-state index in [-0.39, 0.29) is 39.2 Å². The number of rotatable bonds is 4. The maximum Gasteiger partial charge on any atom is 0.338 e. The third-order valence-corrected chi connectivity index (χ3v) is 4.34. The molecule has 3 aromatic rings. The standard InChI is InChI=1S/C19H12Cl2O5/c1-25-19(24)13-8-11(20)6-5-10(13)7-16(23)17-9-15(22)12-3-2-4-14(21)18(12)26-17/h2-6,8-9H,7H2,1H3. The number of ketones is 1. The van der Waals surface area contributed by atoms with E-state index in [4.69, 9.17) is 32.4 Å². The van der Waals surface area contributed by atoms with Crippen LogP contribution in [0.3, 0.4) is 0 Å². The monoisotopic (exact) mass is 390 g/mol. The molecule has 0 bridgehead atoms. The molecule has 0 atom stereocenters. The van der Waals surface area contributed by atoms with Crippen molar-refractivity contribution in [1.82, 2.24) is 0 Å². The van der Waals surface area contributed by atoms with Crippen molar-refractivity contribution >= 4 is 45.9 Å². The first-order valence-corrected chi connectivity index (χ1v) is 8.28. The molecule has 0 spiro atoms. The number of carbonyl (C=O) groups is 2. The minimum absolute atomic E-state index is 0.138. The maximum atomic E-state index is 12.6. The highest BCUT2D eigenvalue weighted by Gasteiger charge is 2.19. The predicted molar refractivity (Wildman–Crippen MR) is 98.3 cm³/mol. The summed E-state index contributed by atoms with van der Waals surface area (Å²) in [5.41, 5.74) is 0.360. The molecule has 3 rings (SSSR count). The van der Waals surface area contributed by atoms with Crippen LogP contribution in [0.25, 0.3) is 11.0 Å². The molecule has 0 aliphatic carbocycles. The van der Waals surface area contributed by atoms with E-state index in [1.165, 1.54) is 13.2 Å². The van der Waals surface area contributed by atoms with Gasteiger partial charge < -0.3 is 9.15 Å². The van der Waals surface area contributed by atoms with Crippen LogP contribution >= 0.6 is 23.2 Å². The second kappa shape index (κ2) is 7.32. The first-order valence-electron chi connectivity index (χ1n) is 7.53. The molecule has 7 heteroatoms. The van der Waals surface area contributed by atoms with Crippen LogP contribution < -0.4 is 5.43 Å². The molecule has 0 aliphatic heterocycles. The zero-order chi connectivity index (χ0) is 18.8. The zero-order valence-electron chi connectivity index (χ0n) is 13.5. The summed E-state index contributed by atoms with van der Waals surface area (Å²) in [6.45, 7) is 0. The molecular formula is C19H12Cl2O5. The van der Waals surface area contributed by atoms with Crippen molar-refractivity contribution in [2.75, 3.05) is 7.11 Å². The van der Waals surface area contributed by atoms with Gasteiger partial charge in [-0.05, 0) is 29.8 Å². The minimum atomic E-state index is -0.613. The van der Waals surface area contributed by atoms with Gasteiger partial charge in [0.2, 0.25) is 5.78 Å². The van der Waals surface area contributed by atoms with Crippen molar-refractivity contribution in [2.24, 2.45) is 0 Å². The smallest absolute Gasteiger partial charge is 0.338 e. The van der Waals surface area contributed by atoms with Gasteiger partial charge in [0.05, 0.1) is 23.1 Å². The second-order valence-corrected chi connectivity index (χ2v) is 6.33. The summed E-state index contributed by atoms with van der Waals surface area (Å²) < 4.78 is 10.2. The number of hydrogen-bond donors (Lipinski definition) is 0. The van der Waals surface area contributed by atoms with Crippen molar-refractivity contribution < 1.29 is 18.7 Å². The summed E-state index contributed by atoms with van der Waals surface area (Å²) in [6, 6.07) is 10.4. The van der Waals surface area contributed by atoms with Crippen molar-refractivity contribution in [3.63, 3.8) is 0 Å². The van der Waals surface area contributed by atoms with Crippen molar-refractivity contribution in [3.8, 4) is 0 Å². The highest BCUT2D eigenvalue weighted by Crippen LogP contribution is 2.23. The molecule has 5 nitrogen and oxygen atoms in total. The van der Waals surface area contributed by atoms with Gasteiger partial charge in [0.25, 0.3) is 0 Å². The Morgan fingerprint density at radius 2 is 1.88 bits per heavy atom. The van der Waals surface area contributed by atoms with E-state index in [1.807, 2.05) is 0 Å². The molecule has 0 unspecified atom stereocenters. The number of para-hydroxylation sites is 1. The number of ether oxygens (including phenoxy) is 1. The fourth-order valence-electron chi connectivity index (χ4n) is 2.54. The molecule has 1 heterocycles. The zero-order valence-corrected chi connectivity index (χ0v) is 15.1. The van der Waals surface area contributed by atoms with Crippen LogP contribution in [0, 0.1) is 0 Å². The Bertz CT molecular complexity index is 1080. The Morgan fingerprint density at radius 1 is 1.12 bits per heavy atom. The molecule has 0 aliphatic rings. The summed E-state index contributed by atoms with van der Waals surface area (Å²) in [5.74, 6) is -1.23. The van der Waals surface area contributed by atoms with Gasteiger partial charge in [0.15, 0.2) is 16.8 Å². The fourth-order valence-corrected chi connectivity index (χ4v) is 2.93. The van der Waals surface area contributed by atoms with Crippen LogP contribution in [0.4, 0.5) is 0 Å². The summed E-state index contributed by atoms with van der Waals surface area (Å²) >= 11 is 12.0. The van der Waals surface area contributed by atoms with Crippen molar-refractivity contribution in [2.45, 2.75) is 6.42 Å². The topological polar surface area (TPSA) is 73.6 Å². The Morgan fingerprint density at radius 3 is 2.62 bits per heavy atom. The highest BCUT2D eigenvalue weighted by atomic mass is 35.5. The number of hydrogen-bond acceptors (Lipinski definition) is 5. The van der Waals surface area contributed by atoms with Gasteiger partial charge in [0, 0.05) is 17.5 Å². The summed E-state index contributed by atoms with van der Waals surface area (Å²) in [7, 11) is 1.24. The van der Waals surface area contributed by atoms with Gasteiger partial charge >= 0.3 is 5.97 Å². The van der Waals surface area contributed by atoms with E-state index >= 15 is 0 Å². The van der Waals surface area contributed by atoms with Gasteiger partial charge in [-0.3, -0.25) is 9.59 Å². The molecular weight excluding hydrogens is 379 g/mol. The van der Waals surface area contributed by atoms with Gasteiger partial charge in [-0.15, -0.1) is 0 Å². The number of Topliss-reactive ketones (excluding diaryl/α,β-unsaturated/α-hetero) is 1. The lowest BCUT2D eigenvalue weighted by atomic mass is 10.0. The van der Waals surface area contributed by atoms with Crippen LogP contribution in [0.5, 0.6) is 0 Å². The number of carbonyl (C=O) groups excluding carboxylic acids is 2. The van der Waals surface area contributed by atoms with Crippen LogP contribution in [0.1, 0.15) is 26.5 Å². The molecule has 132 valence electrons. The first-order chi connectivity index (χ1) is 12.4. The van der Waals surface area contributed by atoms with Crippen molar-refractivity contribution in [1.29, 1.82) is 0 Å². The molecule has 2 aromatic carbocycles. The molecule has 0 N–H and O–H groups in total. The third-order valence-electron chi connectivity index (χ3n) is 3.81. The van der Waals surface area contributed by atoms with E-state index in [0.29, 0.717) is 10.6 Å². The Hall–Kier alpha value is -2.63. The van der Waals surface area contributed by atoms with E-state index < -0.39 is 11.8 Å². The van der Waals surface area contributed by atoms with Crippen LogP contribution in [0.15, 0.2) is 51.7 Å². The molecule has 1 aromatic heterocycles. The summed E-state index contributed by atoms with van der Waals surface area (Å²) in [4.78, 5) is 36.7. The number of methoxy groups -OCH3 is 1. The second-order valence-electron chi connectivity index (χ2n) is 5.48. The first kappa shape index (κ1) is 18.2. The lowest BCUT2D eigenvalue weighted by Crippen LogP contribution is -2.12. The van der Waals surface area contributed by atoms with E-state index in [2.05, 4.69) is 0 Å². The predicted octanol–water partition coefficient (Wildman–Crippen LogP) is 4.31. The maximum absolute atomic E-state index is 12.6. The van der Waals surface area contributed by atoms with Gasteiger partial charge in [-0.1, -0.05) is 35.3 Å². The third kappa shape index (κ3) is 3.49. The lowest BCUT2D eigenvalue weighted by molar-refractivity contribution is 0.0599. The average molecular weight is 391 g/mol. The number of halogens is 2. The quantitative estimate of drug-likeness (QED) is 0.490.